The van der Waals surface area contributed by atoms with E-state index in [0.717, 1.165) is 19.1 Å². The molecule has 1 heterocycles. The normalized spacial score (nSPS) is 23.8. The first-order valence-corrected chi connectivity index (χ1v) is 7.75. The third kappa shape index (κ3) is 2.79. The van der Waals surface area contributed by atoms with Gasteiger partial charge in [0, 0.05) is 30.4 Å². The number of fused-ring (bicyclic) bond motifs is 1. The van der Waals surface area contributed by atoms with Gasteiger partial charge in [-0.15, -0.1) is 0 Å². The van der Waals surface area contributed by atoms with Gasteiger partial charge >= 0.3 is 0 Å². The van der Waals surface area contributed by atoms with E-state index in [1.54, 1.807) is 0 Å². The summed E-state index contributed by atoms with van der Waals surface area (Å²) in [6.07, 6.45) is 6.96. The summed E-state index contributed by atoms with van der Waals surface area (Å²) < 4.78 is 0. The van der Waals surface area contributed by atoms with Crippen molar-refractivity contribution < 1.29 is 0 Å². The molecule has 1 aromatic rings. The topological polar surface area (TPSA) is 15.3 Å². The average molecular weight is 258 g/mol. The van der Waals surface area contributed by atoms with Gasteiger partial charge in [-0.05, 0) is 38.3 Å². The molecule has 1 aliphatic heterocycles. The van der Waals surface area contributed by atoms with Gasteiger partial charge < -0.3 is 10.2 Å². The van der Waals surface area contributed by atoms with Gasteiger partial charge in [0.05, 0.1) is 0 Å². The summed E-state index contributed by atoms with van der Waals surface area (Å²) in [4.78, 5) is 2.69. The molecule has 1 aliphatic carbocycles. The zero-order valence-corrected chi connectivity index (χ0v) is 12.3. The van der Waals surface area contributed by atoms with E-state index >= 15 is 0 Å². The predicted octanol–water partition coefficient (Wildman–Crippen LogP) is 3.71. The largest absolute Gasteiger partial charge is 0.366 e. The Hall–Kier alpha value is -1.02. The summed E-state index contributed by atoms with van der Waals surface area (Å²) >= 11 is 0. The molecule has 104 valence electrons. The smallest absolute Gasteiger partial charge is 0.0414 e. The van der Waals surface area contributed by atoms with Gasteiger partial charge in [0.15, 0.2) is 0 Å². The number of hydrogen-bond acceptors (Lipinski definition) is 2. The van der Waals surface area contributed by atoms with Gasteiger partial charge in [-0.1, -0.05) is 37.5 Å². The maximum absolute atomic E-state index is 3.70. The Balaban J connectivity index is 1.93. The summed E-state index contributed by atoms with van der Waals surface area (Å²) in [6.45, 7) is 6.77. The van der Waals surface area contributed by atoms with Crippen LogP contribution in [0.1, 0.15) is 51.5 Å². The summed E-state index contributed by atoms with van der Waals surface area (Å²) in [5, 5.41) is 3.70. The molecule has 1 aromatic carbocycles. The van der Waals surface area contributed by atoms with Crippen molar-refractivity contribution in [3.8, 4) is 0 Å². The zero-order chi connectivity index (χ0) is 13.3. The molecule has 0 saturated heterocycles. The lowest BCUT2D eigenvalue weighted by molar-refractivity contribution is 0.353. The van der Waals surface area contributed by atoms with Crippen LogP contribution in [0, 0.1) is 0 Å². The van der Waals surface area contributed by atoms with Gasteiger partial charge in [0.25, 0.3) is 0 Å². The van der Waals surface area contributed by atoms with Crippen LogP contribution in [-0.4, -0.2) is 18.1 Å². The van der Waals surface area contributed by atoms with Crippen molar-refractivity contribution in [2.75, 3.05) is 11.4 Å². The number of benzene rings is 1. The second-order valence-electron chi connectivity index (χ2n) is 6.79. The second kappa shape index (κ2) is 5.16. The highest BCUT2D eigenvalue weighted by atomic mass is 15.2. The molecule has 0 aromatic heterocycles. The van der Waals surface area contributed by atoms with Crippen LogP contribution in [-0.2, 0) is 6.54 Å². The Morgan fingerprint density at radius 3 is 2.63 bits per heavy atom. The molecule has 0 atom stereocenters. The van der Waals surface area contributed by atoms with Crippen LogP contribution < -0.4 is 10.2 Å². The highest BCUT2D eigenvalue weighted by Gasteiger charge is 2.31. The van der Waals surface area contributed by atoms with Gasteiger partial charge in [0.1, 0.15) is 0 Å². The van der Waals surface area contributed by atoms with Gasteiger partial charge in [-0.3, -0.25) is 0 Å². The van der Waals surface area contributed by atoms with Crippen LogP contribution in [0.3, 0.4) is 0 Å². The fourth-order valence-corrected chi connectivity index (χ4v) is 3.56. The molecule has 0 bridgehead atoms. The van der Waals surface area contributed by atoms with E-state index in [4.69, 9.17) is 0 Å². The maximum atomic E-state index is 3.70. The molecule has 2 nitrogen and oxygen atoms in total. The molecule has 1 N–H and O–H groups in total. The van der Waals surface area contributed by atoms with Crippen molar-refractivity contribution >= 4 is 5.69 Å². The quantitative estimate of drug-likeness (QED) is 0.826. The molecule has 2 aliphatic rings. The summed E-state index contributed by atoms with van der Waals surface area (Å²) in [7, 11) is 0. The number of para-hydroxylation sites is 1. The lowest BCUT2D eigenvalue weighted by Gasteiger charge is -2.39. The molecule has 19 heavy (non-hydrogen) atoms. The minimum atomic E-state index is 0.191. The predicted molar refractivity (Wildman–Crippen MR) is 81.6 cm³/mol. The van der Waals surface area contributed by atoms with Crippen molar-refractivity contribution in [1.29, 1.82) is 0 Å². The molecule has 0 spiro atoms. The Morgan fingerprint density at radius 1 is 1.11 bits per heavy atom. The third-order valence-corrected chi connectivity index (χ3v) is 4.64. The van der Waals surface area contributed by atoms with Crippen LogP contribution in [0.2, 0.25) is 0 Å². The SMILES string of the molecule is CC1(C)CN(C2CCCCC2)c2ccccc2CN1. The number of nitrogens with one attached hydrogen (secondary N) is 1. The molecular formula is C17H26N2. The van der Waals surface area contributed by atoms with E-state index in [9.17, 15) is 0 Å². The fraction of sp³-hybridized carbons (Fsp3) is 0.647. The molecule has 0 radical (unpaired) electrons. The van der Waals surface area contributed by atoms with Crippen molar-refractivity contribution in [3.05, 3.63) is 29.8 Å². The standard InChI is InChI=1S/C17H26N2/c1-17(2)13-19(15-9-4-3-5-10-15)16-11-7-6-8-14(16)12-18-17/h6-8,11,15,18H,3-5,9-10,12-13H2,1-2H3. The number of anilines is 1. The molecule has 3 rings (SSSR count). The Kier molecular flexibility index (Phi) is 3.53. The minimum absolute atomic E-state index is 0.191. The summed E-state index contributed by atoms with van der Waals surface area (Å²) in [5.41, 5.74) is 3.11. The van der Waals surface area contributed by atoms with E-state index in [2.05, 4.69) is 48.3 Å². The van der Waals surface area contributed by atoms with Crippen molar-refractivity contribution in [3.63, 3.8) is 0 Å². The molecule has 0 unspecified atom stereocenters. The zero-order valence-electron chi connectivity index (χ0n) is 12.3. The van der Waals surface area contributed by atoms with Crippen LogP contribution in [0.25, 0.3) is 0 Å². The highest BCUT2D eigenvalue weighted by molar-refractivity contribution is 5.56. The summed E-state index contributed by atoms with van der Waals surface area (Å²) in [6, 6.07) is 9.69. The maximum Gasteiger partial charge on any atom is 0.0414 e. The van der Waals surface area contributed by atoms with Gasteiger partial charge in [0.2, 0.25) is 0 Å². The molecule has 0 amide bonds. The lowest BCUT2D eigenvalue weighted by Crippen LogP contribution is -2.50. The first kappa shape index (κ1) is 13.0. The third-order valence-electron chi connectivity index (χ3n) is 4.64. The first-order chi connectivity index (χ1) is 9.16. The molecule has 1 fully saturated rings. The second-order valence-corrected chi connectivity index (χ2v) is 6.79. The van der Waals surface area contributed by atoms with E-state index in [0.29, 0.717) is 0 Å². The van der Waals surface area contributed by atoms with E-state index in [1.165, 1.54) is 43.4 Å². The number of hydrogen-bond donors (Lipinski definition) is 1. The van der Waals surface area contributed by atoms with Crippen LogP contribution in [0.5, 0.6) is 0 Å². The summed E-state index contributed by atoms with van der Waals surface area (Å²) in [5.74, 6) is 0. The van der Waals surface area contributed by atoms with Crippen LogP contribution >= 0.6 is 0 Å². The molecule has 2 heteroatoms. The van der Waals surface area contributed by atoms with Crippen LogP contribution in [0.4, 0.5) is 5.69 Å². The number of nitrogens with zero attached hydrogens (tertiary/aromatic N) is 1. The van der Waals surface area contributed by atoms with Crippen molar-refractivity contribution in [2.45, 2.75) is 64.1 Å². The van der Waals surface area contributed by atoms with E-state index < -0.39 is 0 Å². The van der Waals surface area contributed by atoms with Gasteiger partial charge in [-0.2, -0.15) is 0 Å². The van der Waals surface area contributed by atoms with Crippen LogP contribution in [0.15, 0.2) is 24.3 Å². The Bertz CT molecular complexity index is 433. The Morgan fingerprint density at radius 2 is 1.84 bits per heavy atom. The molecular weight excluding hydrogens is 232 g/mol. The monoisotopic (exact) mass is 258 g/mol. The van der Waals surface area contributed by atoms with E-state index in [-0.39, 0.29) is 5.54 Å². The minimum Gasteiger partial charge on any atom is -0.366 e. The molecule has 1 saturated carbocycles. The number of rotatable bonds is 1. The first-order valence-electron chi connectivity index (χ1n) is 7.75. The van der Waals surface area contributed by atoms with Gasteiger partial charge in [-0.25, -0.2) is 0 Å². The Labute approximate surface area is 117 Å². The van der Waals surface area contributed by atoms with Crippen molar-refractivity contribution in [2.24, 2.45) is 0 Å². The highest BCUT2D eigenvalue weighted by Crippen LogP contribution is 2.32. The fourth-order valence-electron chi connectivity index (χ4n) is 3.56. The van der Waals surface area contributed by atoms with E-state index in [1.807, 2.05) is 0 Å². The lowest BCUT2D eigenvalue weighted by atomic mass is 9.92. The average Bonchev–Trinajstić information content (AvgIpc) is 2.57. The van der Waals surface area contributed by atoms with Crippen molar-refractivity contribution in [1.82, 2.24) is 5.32 Å².